The number of aromatic amines is 2. The van der Waals surface area contributed by atoms with Gasteiger partial charge in [0, 0.05) is 12.4 Å². The predicted octanol–water partition coefficient (Wildman–Crippen LogP) is 0.728. The smallest absolute Gasteiger partial charge is 0.286 e. The number of nitro groups is 1. The van der Waals surface area contributed by atoms with Crippen molar-refractivity contribution in [2.75, 3.05) is 0 Å². The zero-order valence-electron chi connectivity index (χ0n) is 6.54. The van der Waals surface area contributed by atoms with Gasteiger partial charge in [0.2, 0.25) is 0 Å². The third-order valence-corrected chi connectivity index (χ3v) is 1.10. The van der Waals surface area contributed by atoms with Crippen molar-refractivity contribution in [1.29, 1.82) is 0 Å². The summed E-state index contributed by atoms with van der Waals surface area (Å²) in [7, 11) is 0. The molecule has 2 heterocycles. The summed E-state index contributed by atoms with van der Waals surface area (Å²) in [5, 5.41) is 21.7. The van der Waals surface area contributed by atoms with Crippen LogP contribution in [0.5, 0.6) is 0 Å². The van der Waals surface area contributed by atoms with Crippen molar-refractivity contribution in [3.63, 3.8) is 0 Å². The molecule has 2 N–H and O–H groups in total. The fourth-order valence-corrected chi connectivity index (χ4v) is 0.559. The molecule has 2 aromatic rings. The van der Waals surface area contributed by atoms with Gasteiger partial charge < -0.3 is 0 Å². The van der Waals surface area contributed by atoms with Gasteiger partial charge in [-0.2, -0.15) is 10.2 Å². The molecule has 2 aromatic heterocycles. The molecule has 7 heteroatoms. The molecule has 0 aliphatic rings. The number of aromatic nitrogens is 4. The lowest BCUT2D eigenvalue weighted by atomic mass is 10.6. The van der Waals surface area contributed by atoms with Gasteiger partial charge in [-0.1, -0.05) is 0 Å². The van der Waals surface area contributed by atoms with E-state index in [2.05, 4.69) is 20.4 Å². The number of rotatable bonds is 1. The Kier molecular flexibility index (Phi) is 3.19. The summed E-state index contributed by atoms with van der Waals surface area (Å²) in [5.41, 5.74) is -0.00926. The van der Waals surface area contributed by atoms with E-state index in [1.165, 1.54) is 6.20 Å². The lowest BCUT2D eigenvalue weighted by molar-refractivity contribution is -0.384. The summed E-state index contributed by atoms with van der Waals surface area (Å²) in [5.74, 6) is 0. The first-order valence-corrected chi connectivity index (χ1v) is 3.37. The van der Waals surface area contributed by atoms with Crippen LogP contribution in [0.2, 0.25) is 0 Å². The average Bonchev–Trinajstić information content (AvgIpc) is 2.82. The Morgan fingerprint density at radius 2 is 2.23 bits per heavy atom. The van der Waals surface area contributed by atoms with Crippen molar-refractivity contribution in [2.24, 2.45) is 0 Å². The van der Waals surface area contributed by atoms with Gasteiger partial charge in [-0.25, -0.2) is 0 Å². The number of nitrogens with zero attached hydrogens (tertiary/aromatic N) is 3. The highest BCUT2D eigenvalue weighted by atomic mass is 16.6. The third kappa shape index (κ3) is 3.14. The summed E-state index contributed by atoms with van der Waals surface area (Å²) in [6, 6.07) is 1.83. The van der Waals surface area contributed by atoms with E-state index < -0.39 is 4.92 Å². The first-order valence-electron chi connectivity index (χ1n) is 3.37. The van der Waals surface area contributed by atoms with Crippen molar-refractivity contribution < 1.29 is 4.92 Å². The van der Waals surface area contributed by atoms with E-state index in [9.17, 15) is 10.1 Å². The Bertz CT molecular complexity index is 311. The monoisotopic (exact) mass is 181 g/mol. The van der Waals surface area contributed by atoms with Gasteiger partial charge in [0.25, 0.3) is 0 Å². The summed E-state index contributed by atoms with van der Waals surface area (Å²) < 4.78 is 0. The van der Waals surface area contributed by atoms with Gasteiger partial charge in [-0.05, 0) is 6.07 Å². The van der Waals surface area contributed by atoms with Crippen LogP contribution < -0.4 is 0 Å². The molecule has 68 valence electrons. The van der Waals surface area contributed by atoms with E-state index in [0.29, 0.717) is 0 Å². The van der Waals surface area contributed by atoms with Crippen LogP contribution in [0.25, 0.3) is 0 Å². The van der Waals surface area contributed by atoms with Crippen molar-refractivity contribution in [1.82, 2.24) is 20.4 Å². The van der Waals surface area contributed by atoms with E-state index in [-0.39, 0.29) is 5.69 Å². The van der Waals surface area contributed by atoms with Gasteiger partial charge in [-0.3, -0.25) is 20.3 Å². The molecular formula is C6H7N5O2. The van der Waals surface area contributed by atoms with Gasteiger partial charge in [0.15, 0.2) is 0 Å². The molecule has 0 saturated carbocycles. The molecule has 0 bridgehead atoms. The molecule has 0 atom stereocenters. The normalized spacial score (nSPS) is 8.62. The Hall–Kier alpha value is -2.18. The zero-order valence-corrected chi connectivity index (χ0v) is 6.54. The maximum atomic E-state index is 9.81. The van der Waals surface area contributed by atoms with Crippen LogP contribution in [0.4, 0.5) is 5.69 Å². The maximum absolute atomic E-state index is 9.81. The van der Waals surface area contributed by atoms with Gasteiger partial charge in [0.1, 0.15) is 6.20 Å². The first kappa shape index (κ1) is 8.91. The third-order valence-electron chi connectivity index (χ3n) is 1.10. The molecule has 0 fully saturated rings. The van der Waals surface area contributed by atoms with Crippen LogP contribution in [0, 0.1) is 10.1 Å². The Morgan fingerprint density at radius 1 is 1.38 bits per heavy atom. The van der Waals surface area contributed by atoms with Crippen LogP contribution >= 0.6 is 0 Å². The fraction of sp³-hybridized carbons (Fsp3) is 0. The van der Waals surface area contributed by atoms with Crippen LogP contribution in [0.3, 0.4) is 0 Å². The highest BCUT2D eigenvalue weighted by Gasteiger charge is 2.02. The van der Waals surface area contributed by atoms with Gasteiger partial charge >= 0.3 is 5.69 Å². The average molecular weight is 181 g/mol. The minimum Gasteiger partial charge on any atom is -0.286 e. The maximum Gasteiger partial charge on any atom is 0.306 e. The number of hydrogen-bond acceptors (Lipinski definition) is 4. The molecule has 0 unspecified atom stereocenters. The summed E-state index contributed by atoms with van der Waals surface area (Å²) in [4.78, 5) is 9.30. The molecule has 0 saturated heterocycles. The van der Waals surface area contributed by atoms with Gasteiger partial charge in [0.05, 0.1) is 11.1 Å². The van der Waals surface area contributed by atoms with Crippen molar-refractivity contribution in [3.05, 3.63) is 41.0 Å². The van der Waals surface area contributed by atoms with E-state index in [4.69, 9.17) is 0 Å². The zero-order chi connectivity index (χ0) is 9.52. The molecule has 0 amide bonds. The molecule has 0 aliphatic carbocycles. The summed E-state index contributed by atoms with van der Waals surface area (Å²) in [6.07, 6.45) is 5.83. The molecular weight excluding hydrogens is 174 g/mol. The standard InChI is InChI=1S/C3H3N3O2.C3H4N2/c7-6(8)3-1-4-5-2-3;1-2-4-5-3-1/h1-2H,(H,4,5);1-3H,(H,4,5). The van der Waals surface area contributed by atoms with E-state index in [1.807, 2.05) is 6.07 Å². The topological polar surface area (TPSA) is 100 Å². The largest absolute Gasteiger partial charge is 0.306 e. The van der Waals surface area contributed by atoms with Crippen LogP contribution in [0.1, 0.15) is 0 Å². The molecule has 0 spiro atoms. The van der Waals surface area contributed by atoms with Crippen molar-refractivity contribution in [3.8, 4) is 0 Å². The SMILES string of the molecule is O=[N+]([O-])c1cn[nH]c1.c1cn[nH]c1. The highest BCUT2D eigenvalue weighted by Crippen LogP contribution is 2.02. The minimum absolute atomic E-state index is 0.00926. The van der Waals surface area contributed by atoms with Crippen LogP contribution in [-0.2, 0) is 0 Å². The molecule has 7 nitrogen and oxygen atoms in total. The number of nitrogens with one attached hydrogen (secondary N) is 2. The number of H-pyrrole nitrogens is 2. The lowest BCUT2D eigenvalue weighted by Crippen LogP contribution is -1.82. The molecule has 0 aromatic carbocycles. The highest BCUT2D eigenvalue weighted by molar-refractivity contribution is 5.19. The quantitative estimate of drug-likeness (QED) is 0.500. The number of hydrogen-bond donors (Lipinski definition) is 2. The van der Waals surface area contributed by atoms with Crippen LogP contribution in [-0.4, -0.2) is 25.3 Å². The van der Waals surface area contributed by atoms with E-state index in [0.717, 1.165) is 6.20 Å². The van der Waals surface area contributed by atoms with E-state index >= 15 is 0 Å². The molecule has 2 rings (SSSR count). The Morgan fingerprint density at radius 3 is 2.46 bits per heavy atom. The minimum atomic E-state index is -0.510. The fourth-order valence-electron chi connectivity index (χ4n) is 0.559. The Labute approximate surface area is 72.9 Å². The van der Waals surface area contributed by atoms with E-state index in [1.54, 1.807) is 12.4 Å². The molecule has 0 radical (unpaired) electrons. The second-order valence-corrected chi connectivity index (χ2v) is 1.98. The lowest BCUT2D eigenvalue weighted by Gasteiger charge is -1.75. The second-order valence-electron chi connectivity index (χ2n) is 1.98. The summed E-state index contributed by atoms with van der Waals surface area (Å²) in [6.45, 7) is 0. The molecule has 0 aliphatic heterocycles. The van der Waals surface area contributed by atoms with Crippen molar-refractivity contribution in [2.45, 2.75) is 0 Å². The molecule has 13 heavy (non-hydrogen) atoms. The van der Waals surface area contributed by atoms with Gasteiger partial charge in [-0.15, -0.1) is 0 Å². The second kappa shape index (κ2) is 4.65. The van der Waals surface area contributed by atoms with Crippen LogP contribution in [0.15, 0.2) is 30.9 Å². The predicted molar refractivity (Wildman–Crippen MR) is 43.8 cm³/mol. The summed E-state index contributed by atoms with van der Waals surface area (Å²) >= 11 is 0. The Balaban J connectivity index is 0.000000145. The van der Waals surface area contributed by atoms with Crippen molar-refractivity contribution >= 4 is 5.69 Å². The first-order chi connectivity index (χ1) is 6.30.